The third-order valence-corrected chi connectivity index (χ3v) is 5.64. The summed E-state index contributed by atoms with van der Waals surface area (Å²) >= 11 is 0. The van der Waals surface area contributed by atoms with E-state index in [1.165, 1.54) is 32.1 Å². The van der Waals surface area contributed by atoms with Crippen LogP contribution in [0.25, 0.3) is 0 Å². The molecular formula is C14H26N2O. The van der Waals surface area contributed by atoms with Crippen molar-refractivity contribution in [2.24, 2.45) is 11.1 Å². The van der Waals surface area contributed by atoms with E-state index in [4.69, 9.17) is 10.5 Å². The summed E-state index contributed by atoms with van der Waals surface area (Å²) in [5.41, 5.74) is 6.80. The van der Waals surface area contributed by atoms with Crippen LogP contribution < -0.4 is 5.73 Å². The van der Waals surface area contributed by atoms with Crippen molar-refractivity contribution >= 4 is 0 Å². The monoisotopic (exact) mass is 238 g/mol. The second-order valence-corrected chi connectivity index (χ2v) is 6.84. The molecule has 1 saturated carbocycles. The first-order valence-corrected chi connectivity index (χ1v) is 7.18. The van der Waals surface area contributed by atoms with Gasteiger partial charge in [-0.2, -0.15) is 0 Å². The SMILES string of the molecule is CC1(C)CCCC1(CN)N1CC2CCC(C1)O2. The summed E-state index contributed by atoms with van der Waals surface area (Å²) in [6, 6.07) is 0. The van der Waals surface area contributed by atoms with Crippen LogP contribution in [-0.2, 0) is 4.74 Å². The van der Waals surface area contributed by atoms with Gasteiger partial charge in [-0.05, 0) is 31.1 Å². The molecular weight excluding hydrogens is 212 g/mol. The van der Waals surface area contributed by atoms with Gasteiger partial charge >= 0.3 is 0 Å². The lowest BCUT2D eigenvalue weighted by molar-refractivity contribution is -0.0998. The number of ether oxygens (including phenoxy) is 1. The van der Waals surface area contributed by atoms with Crippen LogP contribution in [0.15, 0.2) is 0 Å². The third-order valence-electron chi connectivity index (χ3n) is 5.64. The molecule has 3 aliphatic rings. The molecule has 2 saturated heterocycles. The summed E-state index contributed by atoms with van der Waals surface area (Å²) in [6.07, 6.45) is 7.39. The number of morpholine rings is 1. The van der Waals surface area contributed by atoms with Crippen molar-refractivity contribution in [1.29, 1.82) is 0 Å². The fourth-order valence-corrected chi connectivity index (χ4v) is 4.45. The van der Waals surface area contributed by atoms with Gasteiger partial charge in [0.25, 0.3) is 0 Å². The Morgan fingerprint density at radius 2 is 1.82 bits per heavy atom. The largest absolute Gasteiger partial charge is 0.372 e. The first-order chi connectivity index (χ1) is 8.07. The fraction of sp³-hybridized carbons (Fsp3) is 1.00. The topological polar surface area (TPSA) is 38.5 Å². The second kappa shape index (κ2) is 3.94. The van der Waals surface area contributed by atoms with Gasteiger partial charge in [0.15, 0.2) is 0 Å². The first-order valence-electron chi connectivity index (χ1n) is 7.18. The maximum absolute atomic E-state index is 6.20. The van der Waals surface area contributed by atoms with Crippen LogP contribution in [-0.4, -0.2) is 42.3 Å². The molecule has 3 unspecified atom stereocenters. The molecule has 2 N–H and O–H groups in total. The molecule has 2 aliphatic heterocycles. The fourth-order valence-electron chi connectivity index (χ4n) is 4.45. The highest BCUT2D eigenvalue weighted by Crippen LogP contribution is 2.50. The number of hydrogen-bond acceptors (Lipinski definition) is 3. The Balaban J connectivity index is 1.86. The van der Waals surface area contributed by atoms with Gasteiger partial charge in [0, 0.05) is 25.2 Å². The second-order valence-electron chi connectivity index (χ2n) is 6.84. The summed E-state index contributed by atoms with van der Waals surface area (Å²) in [4.78, 5) is 2.69. The summed E-state index contributed by atoms with van der Waals surface area (Å²) in [5, 5.41) is 0. The molecule has 2 bridgehead atoms. The van der Waals surface area contributed by atoms with Crippen LogP contribution in [0.2, 0.25) is 0 Å². The molecule has 3 fully saturated rings. The Hall–Kier alpha value is -0.120. The molecule has 0 amide bonds. The van der Waals surface area contributed by atoms with Crippen LogP contribution in [0.3, 0.4) is 0 Å². The van der Waals surface area contributed by atoms with Gasteiger partial charge in [-0.15, -0.1) is 0 Å². The van der Waals surface area contributed by atoms with E-state index >= 15 is 0 Å². The maximum atomic E-state index is 6.20. The van der Waals surface area contributed by atoms with Gasteiger partial charge in [-0.1, -0.05) is 20.3 Å². The van der Waals surface area contributed by atoms with Crippen molar-refractivity contribution in [1.82, 2.24) is 4.90 Å². The predicted molar refractivity (Wildman–Crippen MR) is 68.9 cm³/mol. The molecule has 0 aromatic carbocycles. The van der Waals surface area contributed by atoms with Crippen molar-refractivity contribution in [2.45, 2.75) is 63.7 Å². The zero-order valence-electron chi connectivity index (χ0n) is 11.2. The molecule has 0 aromatic heterocycles. The molecule has 3 heteroatoms. The van der Waals surface area contributed by atoms with Gasteiger partial charge in [0.05, 0.1) is 12.2 Å². The average Bonchev–Trinajstić information content (AvgIpc) is 2.79. The molecule has 17 heavy (non-hydrogen) atoms. The van der Waals surface area contributed by atoms with Gasteiger partial charge in [0.1, 0.15) is 0 Å². The van der Waals surface area contributed by atoms with Crippen molar-refractivity contribution in [3.8, 4) is 0 Å². The zero-order chi connectivity index (χ0) is 12.1. The average molecular weight is 238 g/mol. The summed E-state index contributed by atoms with van der Waals surface area (Å²) in [7, 11) is 0. The molecule has 0 spiro atoms. The number of fused-ring (bicyclic) bond motifs is 2. The highest BCUT2D eigenvalue weighted by molar-refractivity contribution is 5.09. The maximum Gasteiger partial charge on any atom is 0.0707 e. The van der Waals surface area contributed by atoms with Gasteiger partial charge in [-0.3, -0.25) is 4.90 Å². The minimum Gasteiger partial charge on any atom is -0.372 e. The quantitative estimate of drug-likeness (QED) is 0.796. The van der Waals surface area contributed by atoms with E-state index in [2.05, 4.69) is 18.7 Å². The standard InChI is InChI=1S/C14H26N2O/c1-13(2)6-3-7-14(13,10-15)16-8-11-4-5-12(9-16)17-11/h11-12H,3-10,15H2,1-2H3. The minimum absolute atomic E-state index is 0.234. The minimum atomic E-state index is 0.234. The van der Waals surface area contributed by atoms with Crippen molar-refractivity contribution in [3.63, 3.8) is 0 Å². The third kappa shape index (κ3) is 1.66. The number of nitrogens with zero attached hydrogens (tertiary/aromatic N) is 1. The van der Waals surface area contributed by atoms with E-state index in [-0.39, 0.29) is 5.54 Å². The smallest absolute Gasteiger partial charge is 0.0707 e. The molecule has 3 atom stereocenters. The molecule has 2 heterocycles. The van der Waals surface area contributed by atoms with Crippen molar-refractivity contribution < 1.29 is 4.74 Å². The highest BCUT2D eigenvalue weighted by atomic mass is 16.5. The lowest BCUT2D eigenvalue weighted by Crippen LogP contribution is -2.63. The zero-order valence-corrected chi connectivity index (χ0v) is 11.2. The van der Waals surface area contributed by atoms with E-state index in [1.54, 1.807) is 0 Å². The lowest BCUT2D eigenvalue weighted by atomic mass is 9.73. The van der Waals surface area contributed by atoms with Gasteiger partial charge in [0.2, 0.25) is 0 Å². The summed E-state index contributed by atoms with van der Waals surface area (Å²) in [5.74, 6) is 0. The summed E-state index contributed by atoms with van der Waals surface area (Å²) < 4.78 is 5.96. The van der Waals surface area contributed by atoms with E-state index < -0.39 is 0 Å². The van der Waals surface area contributed by atoms with Crippen LogP contribution in [0.5, 0.6) is 0 Å². The Bertz CT molecular complexity index is 293. The lowest BCUT2D eigenvalue weighted by Gasteiger charge is -2.52. The normalized spacial score (nSPS) is 45.4. The van der Waals surface area contributed by atoms with E-state index in [0.29, 0.717) is 17.6 Å². The van der Waals surface area contributed by atoms with Crippen LogP contribution in [0, 0.1) is 5.41 Å². The summed E-state index contributed by atoms with van der Waals surface area (Å²) in [6.45, 7) is 7.84. The van der Waals surface area contributed by atoms with Gasteiger partial charge < -0.3 is 10.5 Å². The number of hydrogen-bond donors (Lipinski definition) is 1. The Labute approximate surface area is 105 Å². The molecule has 0 aromatic rings. The van der Waals surface area contributed by atoms with E-state index in [1.807, 2.05) is 0 Å². The predicted octanol–water partition coefficient (Wildman–Crippen LogP) is 1.76. The first kappa shape index (κ1) is 11.9. The van der Waals surface area contributed by atoms with Gasteiger partial charge in [-0.25, -0.2) is 0 Å². The number of likely N-dealkylation sites (tertiary alicyclic amines) is 1. The Kier molecular flexibility index (Phi) is 2.77. The highest BCUT2D eigenvalue weighted by Gasteiger charge is 2.53. The number of nitrogens with two attached hydrogens (primary N) is 1. The number of rotatable bonds is 2. The Morgan fingerprint density at radius 3 is 2.29 bits per heavy atom. The molecule has 3 nitrogen and oxygen atoms in total. The van der Waals surface area contributed by atoms with E-state index in [9.17, 15) is 0 Å². The van der Waals surface area contributed by atoms with E-state index in [0.717, 1.165) is 19.6 Å². The van der Waals surface area contributed by atoms with Crippen LogP contribution in [0.1, 0.15) is 46.0 Å². The molecule has 98 valence electrons. The molecule has 0 radical (unpaired) electrons. The van der Waals surface area contributed by atoms with Crippen LogP contribution >= 0.6 is 0 Å². The van der Waals surface area contributed by atoms with Crippen LogP contribution in [0.4, 0.5) is 0 Å². The van der Waals surface area contributed by atoms with Crippen molar-refractivity contribution in [3.05, 3.63) is 0 Å². The molecule has 1 aliphatic carbocycles. The molecule has 3 rings (SSSR count). The van der Waals surface area contributed by atoms with Crippen molar-refractivity contribution in [2.75, 3.05) is 19.6 Å². The Morgan fingerprint density at radius 1 is 1.18 bits per heavy atom.